The van der Waals surface area contributed by atoms with Crippen LogP contribution >= 0.6 is 11.8 Å². The zero-order chi connectivity index (χ0) is 21.0. The van der Waals surface area contributed by atoms with Gasteiger partial charge in [-0.3, -0.25) is 14.5 Å². The molecule has 1 fully saturated rings. The summed E-state index contributed by atoms with van der Waals surface area (Å²) in [5.74, 6) is -1.18. The first-order valence-electron chi connectivity index (χ1n) is 8.74. The molecule has 0 unspecified atom stereocenters. The van der Waals surface area contributed by atoms with Gasteiger partial charge in [-0.15, -0.1) is 0 Å². The molecule has 1 aliphatic rings. The van der Waals surface area contributed by atoms with E-state index in [1.165, 1.54) is 25.0 Å². The molecule has 8 heteroatoms. The van der Waals surface area contributed by atoms with Gasteiger partial charge in [-0.25, -0.2) is 0 Å². The number of rotatable bonds is 7. The van der Waals surface area contributed by atoms with Crippen LogP contribution in [0, 0.1) is 0 Å². The van der Waals surface area contributed by atoms with Crippen molar-refractivity contribution in [2.24, 2.45) is 0 Å². The van der Waals surface area contributed by atoms with E-state index in [1.807, 2.05) is 30.3 Å². The zero-order valence-corrected chi connectivity index (χ0v) is 16.6. The van der Waals surface area contributed by atoms with Crippen LogP contribution in [0.25, 0.3) is 6.08 Å². The Kier molecular flexibility index (Phi) is 6.23. The van der Waals surface area contributed by atoms with Gasteiger partial charge in [0.1, 0.15) is 6.10 Å². The number of hydrogen-bond acceptors (Lipinski definition) is 7. The normalized spacial score (nSPS) is 16.2. The predicted octanol–water partition coefficient (Wildman–Crippen LogP) is 2.45. The second-order valence-electron chi connectivity index (χ2n) is 6.24. The van der Waals surface area contributed by atoms with E-state index in [2.05, 4.69) is 0 Å². The third-order valence-corrected chi connectivity index (χ3v) is 5.09. The minimum absolute atomic E-state index is 0.208. The highest BCUT2D eigenvalue weighted by atomic mass is 32.2. The molecule has 29 heavy (non-hydrogen) atoms. The number of carbonyl (C=O) groups is 3. The molecule has 0 N–H and O–H groups in total. The highest BCUT2D eigenvalue weighted by Gasteiger charge is 2.35. The molecule has 3 rings (SSSR count). The summed E-state index contributed by atoms with van der Waals surface area (Å²) >= 11 is 0.869. The molecule has 150 valence electrons. The fourth-order valence-electron chi connectivity index (χ4n) is 2.66. The topological polar surface area (TPSA) is 96.0 Å². The Bertz CT molecular complexity index is 972. The van der Waals surface area contributed by atoms with E-state index < -0.39 is 12.1 Å². The molecule has 1 saturated heterocycles. The van der Waals surface area contributed by atoms with Gasteiger partial charge in [0, 0.05) is 0 Å². The number of carboxylic acid groups (broad SMARTS) is 1. The van der Waals surface area contributed by atoms with Crippen LogP contribution in [0.1, 0.15) is 18.1 Å². The van der Waals surface area contributed by atoms with E-state index in [9.17, 15) is 19.5 Å². The number of thioether (sulfide) groups is 1. The smallest absolute Gasteiger partial charge is 0.293 e. The van der Waals surface area contributed by atoms with E-state index >= 15 is 0 Å². The third-order valence-electron chi connectivity index (χ3n) is 4.18. The Hall–Kier alpha value is -3.26. The van der Waals surface area contributed by atoms with Crippen molar-refractivity contribution in [3.8, 4) is 11.5 Å². The fraction of sp³-hybridized carbons (Fsp3) is 0.190. The number of amides is 2. The summed E-state index contributed by atoms with van der Waals surface area (Å²) in [5, 5.41) is 10.5. The Balaban J connectivity index is 1.80. The van der Waals surface area contributed by atoms with Gasteiger partial charge >= 0.3 is 0 Å². The van der Waals surface area contributed by atoms with Crippen LogP contribution in [-0.2, 0) is 16.1 Å². The lowest BCUT2D eigenvalue weighted by Gasteiger charge is -2.17. The lowest BCUT2D eigenvalue weighted by molar-refractivity contribution is -0.312. The molecule has 2 aromatic carbocycles. The van der Waals surface area contributed by atoms with Crippen molar-refractivity contribution in [3.63, 3.8) is 0 Å². The maximum atomic E-state index is 12.7. The molecule has 0 aliphatic carbocycles. The lowest BCUT2D eigenvalue weighted by atomic mass is 10.1. The first-order valence-corrected chi connectivity index (χ1v) is 9.55. The van der Waals surface area contributed by atoms with Crippen LogP contribution in [0.4, 0.5) is 4.79 Å². The molecule has 7 nitrogen and oxygen atoms in total. The van der Waals surface area contributed by atoms with Crippen molar-refractivity contribution in [1.29, 1.82) is 0 Å². The summed E-state index contributed by atoms with van der Waals surface area (Å²) in [6.45, 7) is 1.56. The molecule has 0 saturated carbocycles. The predicted molar refractivity (Wildman–Crippen MR) is 106 cm³/mol. The maximum absolute atomic E-state index is 12.7. The largest absolute Gasteiger partial charge is 0.546 e. The first kappa shape index (κ1) is 20.5. The molecule has 1 atom stereocenters. The second kappa shape index (κ2) is 8.83. The number of aliphatic carboxylic acids is 1. The Morgan fingerprint density at radius 1 is 1.17 bits per heavy atom. The Morgan fingerprint density at radius 2 is 1.90 bits per heavy atom. The van der Waals surface area contributed by atoms with Crippen LogP contribution in [0.3, 0.4) is 0 Å². The van der Waals surface area contributed by atoms with Gasteiger partial charge in [-0.2, -0.15) is 0 Å². The number of carbonyl (C=O) groups excluding carboxylic acids is 3. The van der Waals surface area contributed by atoms with E-state index in [-0.39, 0.29) is 23.4 Å². The van der Waals surface area contributed by atoms with Crippen LogP contribution in [0.2, 0.25) is 0 Å². The zero-order valence-electron chi connectivity index (χ0n) is 15.8. The van der Waals surface area contributed by atoms with Crippen molar-refractivity contribution in [2.45, 2.75) is 19.6 Å². The number of nitrogens with zero attached hydrogens (tertiary/aromatic N) is 1. The van der Waals surface area contributed by atoms with Crippen LogP contribution in [-0.4, -0.2) is 35.2 Å². The summed E-state index contributed by atoms with van der Waals surface area (Å²) in [7, 11) is 1.42. The van der Waals surface area contributed by atoms with Gasteiger partial charge in [0.25, 0.3) is 11.1 Å². The van der Waals surface area contributed by atoms with Gasteiger partial charge < -0.3 is 19.4 Å². The van der Waals surface area contributed by atoms with Gasteiger partial charge in [0.2, 0.25) is 0 Å². The summed E-state index contributed by atoms with van der Waals surface area (Å²) in [5.41, 5.74) is 1.47. The summed E-state index contributed by atoms with van der Waals surface area (Å²) < 4.78 is 10.5. The van der Waals surface area contributed by atoms with Crippen molar-refractivity contribution in [2.75, 3.05) is 7.11 Å². The molecule has 2 aromatic rings. The van der Waals surface area contributed by atoms with Gasteiger partial charge in [-0.05, 0) is 48.0 Å². The molecule has 0 bridgehead atoms. The van der Waals surface area contributed by atoms with Gasteiger partial charge in [0.05, 0.1) is 24.5 Å². The minimum atomic E-state index is -1.34. The van der Waals surface area contributed by atoms with E-state index in [1.54, 1.807) is 18.2 Å². The standard InChI is InChI=1S/C21H19NO6S/c1-13(20(24)25)28-16-9-8-15(10-17(16)27-2)11-18-19(23)22(21(26)29-18)12-14-6-4-3-5-7-14/h3-11,13H,12H2,1-2H3,(H,24,25)/p-1/b18-11-/t13-/m1/s1. The van der Waals surface area contributed by atoms with E-state index in [0.717, 1.165) is 17.3 Å². The summed E-state index contributed by atoms with van der Waals surface area (Å²) in [6.07, 6.45) is 0.439. The average Bonchev–Trinajstić information content (AvgIpc) is 2.97. The third kappa shape index (κ3) is 4.78. The molecular formula is C21H18NO6S-. The molecule has 1 aliphatic heterocycles. The fourth-order valence-corrected chi connectivity index (χ4v) is 3.50. The number of ether oxygens (including phenoxy) is 2. The van der Waals surface area contributed by atoms with Crippen molar-refractivity contribution in [1.82, 2.24) is 4.90 Å². The second-order valence-corrected chi connectivity index (χ2v) is 7.24. The number of benzene rings is 2. The molecule has 0 spiro atoms. The SMILES string of the molecule is COc1cc(/C=C2\SC(=O)N(Cc3ccccc3)C2=O)ccc1O[C@H](C)C(=O)[O-]. The highest BCUT2D eigenvalue weighted by molar-refractivity contribution is 8.18. The minimum Gasteiger partial charge on any atom is -0.546 e. The van der Waals surface area contributed by atoms with Crippen LogP contribution in [0.15, 0.2) is 53.4 Å². The number of hydrogen-bond donors (Lipinski definition) is 0. The lowest BCUT2D eigenvalue weighted by Crippen LogP contribution is -2.37. The molecule has 0 radical (unpaired) electrons. The van der Waals surface area contributed by atoms with Crippen molar-refractivity contribution >= 4 is 35.0 Å². The van der Waals surface area contributed by atoms with E-state index in [0.29, 0.717) is 16.2 Å². The number of methoxy groups -OCH3 is 1. The number of carboxylic acids is 1. The monoisotopic (exact) mass is 412 g/mol. The molecule has 2 amide bonds. The van der Waals surface area contributed by atoms with Gasteiger partial charge in [0.15, 0.2) is 11.5 Å². The molecule has 1 heterocycles. The van der Waals surface area contributed by atoms with Crippen molar-refractivity contribution in [3.05, 3.63) is 64.6 Å². The number of imide groups is 1. The Labute approximate surface area is 171 Å². The summed E-state index contributed by atoms with van der Waals surface area (Å²) in [6, 6.07) is 14.1. The van der Waals surface area contributed by atoms with Crippen LogP contribution < -0.4 is 14.6 Å². The first-order chi connectivity index (χ1) is 13.9. The van der Waals surface area contributed by atoms with E-state index in [4.69, 9.17) is 9.47 Å². The average molecular weight is 412 g/mol. The molecule has 0 aromatic heterocycles. The molecular weight excluding hydrogens is 394 g/mol. The van der Waals surface area contributed by atoms with Gasteiger partial charge in [-0.1, -0.05) is 36.4 Å². The maximum Gasteiger partial charge on any atom is 0.293 e. The van der Waals surface area contributed by atoms with Crippen molar-refractivity contribution < 1.29 is 29.0 Å². The highest BCUT2D eigenvalue weighted by Crippen LogP contribution is 2.35. The summed E-state index contributed by atoms with van der Waals surface area (Å²) in [4.78, 5) is 37.3. The Morgan fingerprint density at radius 3 is 2.55 bits per heavy atom. The quantitative estimate of drug-likeness (QED) is 0.645. The van der Waals surface area contributed by atoms with Crippen LogP contribution in [0.5, 0.6) is 11.5 Å².